The number of nitrogens with one attached hydrogen (secondary N) is 1. The van der Waals surface area contributed by atoms with E-state index in [0.717, 1.165) is 29.1 Å². The molecule has 0 saturated heterocycles. The monoisotopic (exact) mass is 419 g/mol. The molecule has 7 nitrogen and oxygen atoms in total. The molecular formula is C24H29N5O2. The standard InChI is InChI=1S/C24H25N5O2.2H2/c1-15(2)29-14-19(8-9-23(29)30)21-13-26-16(3)24(27-21)22-11-20(28-31-22)18-7-5-6-17(10-18)12-25-4;;/h5-11,13-15,25H,12H2,1-4H3;2*1H. The van der Waals surface area contributed by atoms with E-state index in [1.165, 1.54) is 5.56 Å². The maximum absolute atomic E-state index is 12.1. The van der Waals surface area contributed by atoms with Crippen LogP contribution in [0.2, 0.25) is 0 Å². The number of hydrogen-bond donors (Lipinski definition) is 1. The van der Waals surface area contributed by atoms with Crippen molar-refractivity contribution in [3.05, 3.63) is 76.5 Å². The Balaban J connectivity index is 0.00000193. The number of aryl methyl sites for hydroxylation is 1. The quantitative estimate of drug-likeness (QED) is 0.486. The van der Waals surface area contributed by atoms with Crippen LogP contribution in [-0.2, 0) is 6.54 Å². The van der Waals surface area contributed by atoms with E-state index in [9.17, 15) is 4.79 Å². The second-order valence-corrected chi connectivity index (χ2v) is 7.75. The van der Waals surface area contributed by atoms with Crippen molar-refractivity contribution in [1.29, 1.82) is 0 Å². The Morgan fingerprint density at radius 2 is 1.97 bits per heavy atom. The lowest BCUT2D eigenvalue weighted by molar-refractivity contribution is 0.433. The van der Waals surface area contributed by atoms with Gasteiger partial charge in [0.2, 0.25) is 0 Å². The number of rotatable bonds is 6. The van der Waals surface area contributed by atoms with Crippen molar-refractivity contribution in [3.63, 3.8) is 0 Å². The molecule has 0 aliphatic heterocycles. The van der Waals surface area contributed by atoms with Gasteiger partial charge in [-0.05, 0) is 45.5 Å². The molecule has 0 spiro atoms. The minimum Gasteiger partial charge on any atom is -0.354 e. The summed E-state index contributed by atoms with van der Waals surface area (Å²) >= 11 is 0. The topological polar surface area (TPSA) is 85.8 Å². The first-order valence-electron chi connectivity index (χ1n) is 10.2. The molecule has 0 aliphatic carbocycles. The van der Waals surface area contributed by atoms with Gasteiger partial charge in [0.15, 0.2) is 5.76 Å². The van der Waals surface area contributed by atoms with Gasteiger partial charge in [-0.15, -0.1) is 0 Å². The minimum absolute atomic E-state index is 0. The largest absolute Gasteiger partial charge is 0.354 e. The highest BCUT2D eigenvalue weighted by molar-refractivity contribution is 5.68. The summed E-state index contributed by atoms with van der Waals surface area (Å²) in [4.78, 5) is 21.4. The lowest BCUT2D eigenvalue weighted by Gasteiger charge is -2.11. The molecule has 3 aromatic heterocycles. The summed E-state index contributed by atoms with van der Waals surface area (Å²) in [5, 5.41) is 7.40. The van der Waals surface area contributed by atoms with E-state index in [-0.39, 0.29) is 14.5 Å². The highest BCUT2D eigenvalue weighted by atomic mass is 16.5. The van der Waals surface area contributed by atoms with Gasteiger partial charge in [0, 0.05) is 44.9 Å². The summed E-state index contributed by atoms with van der Waals surface area (Å²) < 4.78 is 7.32. The molecule has 1 N–H and O–H groups in total. The first-order valence-corrected chi connectivity index (χ1v) is 10.2. The fourth-order valence-electron chi connectivity index (χ4n) is 3.45. The molecule has 3 heterocycles. The number of pyridine rings is 1. The summed E-state index contributed by atoms with van der Waals surface area (Å²) in [7, 11) is 1.92. The number of aromatic nitrogens is 4. The molecule has 0 atom stereocenters. The lowest BCUT2D eigenvalue weighted by atomic mass is 10.1. The van der Waals surface area contributed by atoms with Gasteiger partial charge in [0.05, 0.1) is 17.6 Å². The van der Waals surface area contributed by atoms with Crippen LogP contribution >= 0.6 is 0 Å². The van der Waals surface area contributed by atoms with E-state index in [4.69, 9.17) is 9.51 Å². The molecule has 162 valence electrons. The third-order valence-electron chi connectivity index (χ3n) is 5.09. The third-order valence-corrected chi connectivity index (χ3v) is 5.09. The van der Waals surface area contributed by atoms with E-state index in [0.29, 0.717) is 17.1 Å². The van der Waals surface area contributed by atoms with E-state index in [2.05, 4.69) is 27.6 Å². The second kappa shape index (κ2) is 8.65. The average Bonchev–Trinajstić information content (AvgIpc) is 3.25. The molecule has 0 aliphatic rings. The van der Waals surface area contributed by atoms with Crippen LogP contribution in [0, 0.1) is 6.92 Å². The Kier molecular flexibility index (Phi) is 5.77. The summed E-state index contributed by atoms with van der Waals surface area (Å²) in [6.45, 7) is 6.61. The molecule has 0 amide bonds. The lowest BCUT2D eigenvalue weighted by Crippen LogP contribution is -2.20. The Labute approximate surface area is 183 Å². The second-order valence-electron chi connectivity index (χ2n) is 7.75. The zero-order valence-corrected chi connectivity index (χ0v) is 18.1. The van der Waals surface area contributed by atoms with Crippen molar-refractivity contribution in [3.8, 4) is 34.0 Å². The minimum atomic E-state index is -0.0422. The molecule has 0 bridgehead atoms. The zero-order valence-electron chi connectivity index (χ0n) is 18.1. The number of benzene rings is 1. The van der Waals surface area contributed by atoms with Crippen molar-refractivity contribution in [1.82, 2.24) is 25.0 Å². The molecule has 0 unspecified atom stereocenters. The van der Waals surface area contributed by atoms with E-state index >= 15 is 0 Å². The van der Waals surface area contributed by atoms with E-state index in [1.54, 1.807) is 22.9 Å². The smallest absolute Gasteiger partial charge is 0.250 e. The van der Waals surface area contributed by atoms with Gasteiger partial charge in [-0.2, -0.15) is 0 Å². The highest BCUT2D eigenvalue weighted by Crippen LogP contribution is 2.28. The average molecular weight is 420 g/mol. The van der Waals surface area contributed by atoms with Crippen molar-refractivity contribution in [2.45, 2.75) is 33.4 Å². The Bertz CT molecular complexity index is 1280. The van der Waals surface area contributed by atoms with Crippen LogP contribution in [-0.4, -0.2) is 26.7 Å². The first kappa shape index (κ1) is 20.7. The summed E-state index contributed by atoms with van der Waals surface area (Å²) in [6.07, 6.45) is 3.52. The Morgan fingerprint density at radius 3 is 2.74 bits per heavy atom. The van der Waals surface area contributed by atoms with Gasteiger partial charge in [-0.3, -0.25) is 9.78 Å². The SMILES string of the molecule is CNCc1cccc(-c2cc(-c3nc(-c4ccc(=O)n(C(C)C)c4)cnc3C)on2)c1.[HH].[HH]. The van der Waals surface area contributed by atoms with Gasteiger partial charge in [-0.25, -0.2) is 4.98 Å². The molecule has 4 rings (SSSR count). The van der Waals surface area contributed by atoms with Crippen molar-refractivity contribution >= 4 is 0 Å². The van der Waals surface area contributed by atoms with E-state index < -0.39 is 0 Å². The first-order chi connectivity index (χ1) is 15.0. The van der Waals surface area contributed by atoms with Crippen LogP contribution in [0.5, 0.6) is 0 Å². The van der Waals surface area contributed by atoms with Crippen LogP contribution in [0.25, 0.3) is 34.0 Å². The zero-order chi connectivity index (χ0) is 22.0. The van der Waals surface area contributed by atoms with Gasteiger partial charge in [-0.1, -0.05) is 23.4 Å². The molecule has 4 aromatic rings. The number of nitrogens with zero attached hydrogens (tertiary/aromatic N) is 4. The predicted octanol–water partition coefficient (Wildman–Crippen LogP) is 4.73. The third kappa shape index (κ3) is 4.32. The fraction of sp³-hybridized carbons (Fsp3) is 0.250. The van der Waals surface area contributed by atoms with Crippen molar-refractivity contribution < 1.29 is 7.38 Å². The van der Waals surface area contributed by atoms with Crippen LogP contribution in [0.15, 0.2) is 64.2 Å². The predicted molar refractivity (Wildman–Crippen MR) is 125 cm³/mol. The maximum Gasteiger partial charge on any atom is 0.250 e. The summed E-state index contributed by atoms with van der Waals surface area (Å²) in [5.74, 6) is 0.554. The molecule has 7 heteroatoms. The summed E-state index contributed by atoms with van der Waals surface area (Å²) in [5.41, 5.74) is 5.71. The van der Waals surface area contributed by atoms with Crippen molar-refractivity contribution in [2.75, 3.05) is 7.05 Å². The molecule has 31 heavy (non-hydrogen) atoms. The van der Waals surface area contributed by atoms with Gasteiger partial charge >= 0.3 is 0 Å². The van der Waals surface area contributed by atoms with Crippen LogP contribution in [0.4, 0.5) is 0 Å². The van der Waals surface area contributed by atoms with Crippen molar-refractivity contribution in [2.24, 2.45) is 0 Å². The van der Waals surface area contributed by atoms with E-state index in [1.807, 2.05) is 52.2 Å². The van der Waals surface area contributed by atoms with Gasteiger partial charge in [0.25, 0.3) is 5.56 Å². The normalized spacial score (nSPS) is 11.3. The molecule has 0 fully saturated rings. The Morgan fingerprint density at radius 1 is 1.13 bits per heavy atom. The van der Waals surface area contributed by atoms with Crippen LogP contribution < -0.4 is 10.9 Å². The Hall–Kier alpha value is -3.58. The maximum atomic E-state index is 12.1. The molecule has 0 saturated carbocycles. The molecule has 1 aromatic carbocycles. The number of hydrogen-bond acceptors (Lipinski definition) is 6. The van der Waals surface area contributed by atoms with Crippen LogP contribution in [0.1, 0.15) is 34.0 Å². The fourth-order valence-corrected chi connectivity index (χ4v) is 3.45. The van der Waals surface area contributed by atoms with Gasteiger partial charge < -0.3 is 14.4 Å². The highest BCUT2D eigenvalue weighted by Gasteiger charge is 2.15. The van der Waals surface area contributed by atoms with Crippen LogP contribution in [0.3, 0.4) is 0 Å². The summed E-state index contributed by atoms with van der Waals surface area (Å²) in [6, 6.07) is 13.4. The van der Waals surface area contributed by atoms with Gasteiger partial charge in [0.1, 0.15) is 11.4 Å². The molecule has 0 radical (unpaired) electrons. The molecular weight excluding hydrogens is 390 g/mol.